The van der Waals surface area contributed by atoms with Crippen LogP contribution in [0.1, 0.15) is 6.42 Å². The van der Waals surface area contributed by atoms with Gasteiger partial charge in [-0.25, -0.2) is 9.38 Å². The third kappa shape index (κ3) is 6.12. The third-order valence-electron chi connectivity index (χ3n) is 1.97. The molecule has 20 heavy (non-hydrogen) atoms. The number of nitriles is 1. The molecular weight excluding hydrogens is 355 g/mol. The van der Waals surface area contributed by atoms with Gasteiger partial charge in [0.25, 0.3) is 0 Å². The van der Waals surface area contributed by atoms with Gasteiger partial charge in [-0.05, 0) is 18.2 Å². The van der Waals surface area contributed by atoms with Gasteiger partial charge in [0.05, 0.1) is 5.69 Å². The number of allylic oxidation sites excluding steroid dienone is 1. The van der Waals surface area contributed by atoms with Gasteiger partial charge in [-0.15, -0.1) is 0 Å². The highest BCUT2D eigenvalue weighted by molar-refractivity contribution is 9.10. The highest BCUT2D eigenvalue weighted by atomic mass is 79.9. The molecule has 1 N–H and O–H groups in total. The summed E-state index contributed by atoms with van der Waals surface area (Å²) in [6, 6.07) is 7.01. The van der Waals surface area contributed by atoms with Crippen molar-refractivity contribution in [1.29, 1.82) is 5.26 Å². The van der Waals surface area contributed by atoms with Gasteiger partial charge in [-0.1, -0.05) is 33.8 Å². The lowest BCUT2D eigenvalue weighted by molar-refractivity contribution is 0.373. The Labute approximate surface area is 126 Å². The fraction of sp³-hybridized carbons (Fsp3) is 0.167. The lowest BCUT2D eigenvalue weighted by atomic mass is 10.3. The Morgan fingerprint density at radius 3 is 2.75 bits per heavy atom. The molecule has 0 fully saturated rings. The van der Waals surface area contributed by atoms with Crippen LogP contribution in [0.2, 0.25) is 0 Å². The topological polar surface area (TPSA) is 48.2 Å². The third-order valence-corrected chi connectivity index (χ3v) is 3.34. The zero-order valence-corrected chi connectivity index (χ0v) is 12.4. The smallest absolute Gasteiger partial charge is 0.271 e. The summed E-state index contributed by atoms with van der Waals surface area (Å²) in [5.41, 5.74) is 0.581. The quantitative estimate of drug-likeness (QED) is 0.364. The summed E-state index contributed by atoms with van der Waals surface area (Å²) in [6.45, 7) is 0. The van der Waals surface area contributed by atoms with Gasteiger partial charge in [-0.3, -0.25) is 5.32 Å². The highest BCUT2D eigenvalue weighted by Gasteiger charge is 2.07. The van der Waals surface area contributed by atoms with Crippen molar-refractivity contribution in [2.45, 2.75) is 6.42 Å². The van der Waals surface area contributed by atoms with Crippen LogP contribution in [-0.2, 0) is 0 Å². The van der Waals surface area contributed by atoms with Crippen molar-refractivity contribution in [1.82, 2.24) is 5.32 Å². The number of hydrogen-bond donors (Lipinski definition) is 1. The molecule has 0 spiro atoms. The minimum atomic E-state index is -2.32. The van der Waals surface area contributed by atoms with E-state index in [1.54, 1.807) is 24.4 Å². The molecule has 0 radical (unpaired) electrons. The maximum Gasteiger partial charge on any atom is 0.301 e. The van der Waals surface area contributed by atoms with E-state index in [0.29, 0.717) is 5.69 Å². The molecule has 106 valence electrons. The zero-order chi connectivity index (χ0) is 15.0. The van der Waals surface area contributed by atoms with E-state index in [1.165, 1.54) is 0 Å². The van der Waals surface area contributed by atoms with Crippen molar-refractivity contribution in [3.63, 3.8) is 0 Å². The molecule has 0 aromatic heterocycles. The number of rotatable bonds is 4. The second-order valence-corrected chi connectivity index (χ2v) is 5.40. The molecule has 0 aliphatic rings. The van der Waals surface area contributed by atoms with Gasteiger partial charge in [0.15, 0.2) is 17.2 Å². The average molecular weight is 364 g/mol. The molecule has 3 nitrogen and oxygen atoms in total. The van der Waals surface area contributed by atoms with Crippen molar-refractivity contribution >= 4 is 38.5 Å². The van der Waals surface area contributed by atoms with Gasteiger partial charge in [0, 0.05) is 16.6 Å². The number of thioether (sulfide) groups is 1. The Balaban J connectivity index is 2.70. The van der Waals surface area contributed by atoms with Gasteiger partial charge < -0.3 is 0 Å². The molecule has 0 saturated heterocycles. The predicted molar refractivity (Wildman–Crippen MR) is 77.4 cm³/mol. The monoisotopic (exact) mass is 363 g/mol. The summed E-state index contributed by atoms with van der Waals surface area (Å²) >= 11 is 4.26. The summed E-state index contributed by atoms with van der Waals surface area (Å²) in [6.07, 6.45) is -1.04. The molecule has 0 atom stereocenters. The van der Waals surface area contributed by atoms with Crippen LogP contribution in [0.15, 0.2) is 45.6 Å². The number of amidine groups is 1. The van der Waals surface area contributed by atoms with Crippen LogP contribution in [0.3, 0.4) is 0 Å². The first-order valence-electron chi connectivity index (χ1n) is 5.34. The number of halogens is 4. The minimum Gasteiger partial charge on any atom is -0.271 e. The summed E-state index contributed by atoms with van der Waals surface area (Å²) in [5.74, 6) is -1.40. The predicted octanol–water partition coefficient (Wildman–Crippen LogP) is 4.71. The van der Waals surface area contributed by atoms with E-state index < -0.39 is 18.3 Å². The van der Waals surface area contributed by atoms with Crippen molar-refractivity contribution < 1.29 is 13.2 Å². The number of nitrogens with zero attached hydrogens (tertiary/aromatic N) is 2. The van der Waals surface area contributed by atoms with Gasteiger partial charge in [-0.2, -0.15) is 14.0 Å². The van der Waals surface area contributed by atoms with Crippen LogP contribution in [0.5, 0.6) is 0 Å². The molecule has 0 aliphatic carbocycles. The summed E-state index contributed by atoms with van der Waals surface area (Å²) in [4.78, 5) is 4.14. The van der Waals surface area contributed by atoms with Crippen LogP contribution in [0.4, 0.5) is 18.9 Å². The molecule has 0 saturated carbocycles. The SMILES string of the molecule is N#CNC(=Nc1cccc(Br)c1)SCCC(F)=C(F)F. The van der Waals surface area contributed by atoms with E-state index >= 15 is 0 Å². The van der Waals surface area contributed by atoms with Crippen LogP contribution >= 0.6 is 27.7 Å². The van der Waals surface area contributed by atoms with Gasteiger partial charge in [0.1, 0.15) is 0 Å². The first-order chi connectivity index (χ1) is 9.52. The van der Waals surface area contributed by atoms with Crippen LogP contribution < -0.4 is 5.32 Å². The Hall–Kier alpha value is -1.46. The minimum absolute atomic E-state index is 0.0463. The molecule has 8 heteroatoms. The maximum absolute atomic E-state index is 12.6. The normalized spacial score (nSPS) is 10.8. The summed E-state index contributed by atoms with van der Waals surface area (Å²) < 4.78 is 37.2. The molecule has 1 aromatic carbocycles. The molecule has 1 aromatic rings. The number of hydrogen-bond acceptors (Lipinski definition) is 3. The Kier molecular flexibility index (Phi) is 7.18. The second kappa shape index (κ2) is 8.66. The van der Waals surface area contributed by atoms with Crippen molar-refractivity contribution in [2.24, 2.45) is 4.99 Å². The van der Waals surface area contributed by atoms with Gasteiger partial charge in [0.2, 0.25) is 0 Å². The molecule has 0 bridgehead atoms. The van der Waals surface area contributed by atoms with E-state index in [0.717, 1.165) is 16.2 Å². The van der Waals surface area contributed by atoms with Crippen molar-refractivity contribution in [2.75, 3.05) is 5.75 Å². The molecule has 0 heterocycles. The van der Waals surface area contributed by atoms with Crippen molar-refractivity contribution in [3.05, 3.63) is 40.6 Å². The van der Waals surface area contributed by atoms with E-state index in [4.69, 9.17) is 5.26 Å². The zero-order valence-electron chi connectivity index (χ0n) is 10.0. The van der Waals surface area contributed by atoms with Crippen LogP contribution in [-0.4, -0.2) is 10.9 Å². The van der Waals surface area contributed by atoms with Gasteiger partial charge >= 0.3 is 6.08 Å². The number of nitrogens with one attached hydrogen (secondary N) is 1. The Bertz CT molecular complexity index is 565. The fourth-order valence-corrected chi connectivity index (χ4v) is 2.29. The largest absolute Gasteiger partial charge is 0.301 e. The second-order valence-electron chi connectivity index (χ2n) is 3.40. The number of aliphatic imine (C=N–C) groups is 1. The Morgan fingerprint density at radius 2 is 2.15 bits per heavy atom. The lowest BCUT2D eigenvalue weighted by Gasteiger charge is -2.03. The van der Waals surface area contributed by atoms with E-state index in [-0.39, 0.29) is 10.9 Å². The fourth-order valence-electron chi connectivity index (χ4n) is 1.14. The molecule has 0 unspecified atom stereocenters. The summed E-state index contributed by atoms with van der Waals surface area (Å²) in [5, 5.41) is 11.1. The molecule has 0 amide bonds. The average Bonchev–Trinajstić information content (AvgIpc) is 2.38. The highest BCUT2D eigenvalue weighted by Crippen LogP contribution is 2.21. The van der Waals surface area contributed by atoms with E-state index in [2.05, 4.69) is 26.2 Å². The Morgan fingerprint density at radius 1 is 1.40 bits per heavy atom. The lowest BCUT2D eigenvalue weighted by Crippen LogP contribution is -2.13. The number of benzene rings is 1. The van der Waals surface area contributed by atoms with Crippen LogP contribution in [0.25, 0.3) is 0 Å². The van der Waals surface area contributed by atoms with E-state index in [1.807, 2.05) is 6.07 Å². The molecule has 0 aliphatic heterocycles. The summed E-state index contributed by atoms with van der Waals surface area (Å²) in [7, 11) is 0. The first-order valence-corrected chi connectivity index (χ1v) is 7.12. The van der Waals surface area contributed by atoms with Crippen LogP contribution in [0, 0.1) is 11.5 Å². The maximum atomic E-state index is 12.6. The standard InChI is InChI=1S/C12H9BrF3N3S/c13-8-2-1-3-9(6-8)19-12(18-7-17)20-5-4-10(14)11(15)16/h1-3,6H,4-5H2,(H,18,19). The molecule has 1 rings (SSSR count). The van der Waals surface area contributed by atoms with E-state index in [9.17, 15) is 13.2 Å². The van der Waals surface area contributed by atoms with Crippen molar-refractivity contribution in [3.8, 4) is 6.19 Å². The first kappa shape index (κ1) is 16.6. The molecular formula is C12H9BrF3N3S.